The minimum atomic E-state index is -4.52. The monoisotopic (exact) mass is 287 g/mol. The summed E-state index contributed by atoms with van der Waals surface area (Å²) in [5.41, 5.74) is 3.60. The first-order chi connectivity index (χ1) is 9.14. The van der Waals surface area contributed by atoms with E-state index in [1.807, 2.05) is 0 Å². The van der Waals surface area contributed by atoms with Crippen LogP contribution in [0.25, 0.3) is 0 Å². The second-order valence-corrected chi connectivity index (χ2v) is 5.24. The average Bonchev–Trinajstić information content (AvgIpc) is 2.32. The summed E-state index contributed by atoms with van der Waals surface area (Å²) in [6.45, 7) is 3.81. The predicted octanol–water partition coefficient (Wildman–Crippen LogP) is 2.00. The van der Waals surface area contributed by atoms with Crippen LogP contribution >= 0.6 is 0 Å². The second kappa shape index (κ2) is 4.57. The van der Waals surface area contributed by atoms with Gasteiger partial charge in [-0.25, -0.2) is 0 Å². The highest BCUT2D eigenvalue weighted by atomic mass is 19.4. The number of carbonyl (C=O) groups excluding carboxylic acids is 1. The van der Waals surface area contributed by atoms with Crippen LogP contribution in [0.2, 0.25) is 0 Å². The van der Waals surface area contributed by atoms with Crippen LogP contribution in [0, 0.1) is 0 Å². The number of piperazine rings is 1. The minimum absolute atomic E-state index is 0.0217. The maximum Gasteiger partial charge on any atom is 0.418 e. The molecule has 0 bridgehead atoms. The van der Waals surface area contributed by atoms with Crippen molar-refractivity contribution in [1.29, 1.82) is 0 Å². The number of alkyl halides is 3. The summed E-state index contributed by atoms with van der Waals surface area (Å²) >= 11 is 0. The molecule has 110 valence electrons. The molecule has 1 heterocycles. The van der Waals surface area contributed by atoms with Gasteiger partial charge in [0.15, 0.2) is 0 Å². The highest BCUT2D eigenvalue weighted by molar-refractivity contribution is 5.90. The van der Waals surface area contributed by atoms with Gasteiger partial charge in [0.1, 0.15) is 5.54 Å². The molecule has 0 aliphatic carbocycles. The fraction of sp³-hybridized carbons (Fsp3) is 0.462. The Morgan fingerprint density at radius 1 is 1.35 bits per heavy atom. The Morgan fingerprint density at radius 2 is 2.00 bits per heavy atom. The fourth-order valence-corrected chi connectivity index (χ4v) is 2.34. The molecule has 1 aromatic carbocycles. The van der Waals surface area contributed by atoms with E-state index in [1.165, 1.54) is 17.0 Å². The Morgan fingerprint density at radius 3 is 2.60 bits per heavy atom. The van der Waals surface area contributed by atoms with Crippen molar-refractivity contribution in [3.63, 3.8) is 0 Å². The summed E-state index contributed by atoms with van der Waals surface area (Å²) in [5.74, 6) is -0.298. The van der Waals surface area contributed by atoms with Crippen LogP contribution in [0.3, 0.4) is 0 Å². The zero-order valence-electron chi connectivity index (χ0n) is 11.2. The van der Waals surface area contributed by atoms with Gasteiger partial charge in [-0.05, 0) is 32.0 Å². The highest BCUT2D eigenvalue weighted by Gasteiger charge is 2.42. The van der Waals surface area contributed by atoms with Crippen LogP contribution in [0.5, 0.6) is 0 Å². The van der Waals surface area contributed by atoms with E-state index in [9.17, 15) is 18.0 Å². The molecule has 4 nitrogen and oxygen atoms in total. The number of nitrogens with two attached hydrogens (primary N) is 1. The molecule has 20 heavy (non-hydrogen) atoms. The van der Waals surface area contributed by atoms with E-state index in [4.69, 9.17) is 5.73 Å². The van der Waals surface area contributed by atoms with Crippen molar-refractivity contribution in [1.82, 2.24) is 5.32 Å². The van der Waals surface area contributed by atoms with Crippen molar-refractivity contribution >= 4 is 17.3 Å². The van der Waals surface area contributed by atoms with Crippen LogP contribution in [0.15, 0.2) is 18.2 Å². The van der Waals surface area contributed by atoms with Gasteiger partial charge < -0.3 is 16.0 Å². The molecule has 0 spiro atoms. The zero-order valence-corrected chi connectivity index (χ0v) is 11.2. The Kier molecular flexibility index (Phi) is 3.31. The SMILES string of the molecule is CC1(C)C(=O)NCCN1c1ccc(N)cc1C(F)(F)F. The van der Waals surface area contributed by atoms with Gasteiger partial charge in [0.05, 0.1) is 11.3 Å². The van der Waals surface area contributed by atoms with Crippen LogP contribution in [-0.2, 0) is 11.0 Å². The maximum absolute atomic E-state index is 13.1. The van der Waals surface area contributed by atoms with Gasteiger partial charge in [0.25, 0.3) is 0 Å². The summed E-state index contributed by atoms with van der Waals surface area (Å²) in [4.78, 5) is 13.3. The molecule has 0 aromatic heterocycles. The Hall–Kier alpha value is -1.92. The van der Waals surface area contributed by atoms with Gasteiger partial charge in [0, 0.05) is 18.8 Å². The predicted molar refractivity (Wildman–Crippen MR) is 70.3 cm³/mol. The number of nitrogens with zero attached hydrogens (tertiary/aromatic N) is 1. The summed E-state index contributed by atoms with van der Waals surface area (Å²) in [5, 5.41) is 2.66. The molecule has 1 fully saturated rings. The number of nitrogens with one attached hydrogen (secondary N) is 1. The third-order valence-corrected chi connectivity index (χ3v) is 3.47. The fourth-order valence-electron chi connectivity index (χ4n) is 2.34. The summed E-state index contributed by atoms with van der Waals surface area (Å²) in [6.07, 6.45) is -4.52. The van der Waals surface area contributed by atoms with E-state index >= 15 is 0 Å². The largest absolute Gasteiger partial charge is 0.418 e. The Labute approximate surface area is 114 Å². The van der Waals surface area contributed by atoms with Crippen LogP contribution in [0.1, 0.15) is 19.4 Å². The first-order valence-corrected chi connectivity index (χ1v) is 6.16. The molecule has 1 aromatic rings. The number of amides is 1. The molecule has 7 heteroatoms. The van der Waals surface area contributed by atoms with Gasteiger partial charge >= 0.3 is 6.18 Å². The third-order valence-electron chi connectivity index (χ3n) is 3.47. The molecule has 0 saturated carbocycles. The highest BCUT2D eigenvalue weighted by Crippen LogP contribution is 2.40. The topological polar surface area (TPSA) is 58.4 Å². The lowest BCUT2D eigenvalue weighted by Gasteiger charge is -2.43. The minimum Gasteiger partial charge on any atom is -0.399 e. The number of hydrogen-bond acceptors (Lipinski definition) is 3. The van der Waals surface area contributed by atoms with Crippen molar-refractivity contribution in [2.24, 2.45) is 0 Å². The van der Waals surface area contributed by atoms with Gasteiger partial charge in [-0.2, -0.15) is 13.2 Å². The summed E-state index contributed by atoms with van der Waals surface area (Å²) in [7, 11) is 0. The van der Waals surface area contributed by atoms with Crippen LogP contribution < -0.4 is 16.0 Å². The van der Waals surface area contributed by atoms with Gasteiger partial charge in [-0.1, -0.05) is 0 Å². The molecule has 0 unspecified atom stereocenters. The van der Waals surface area contributed by atoms with E-state index in [0.29, 0.717) is 13.1 Å². The molecular weight excluding hydrogens is 271 g/mol. The van der Waals surface area contributed by atoms with Crippen molar-refractivity contribution in [3.8, 4) is 0 Å². The molecular formula is C13H16F3N3O. The number of rotatable bonds is 1. The first-order valence-electron chi connectivity index (χ1n) is 6.16. The molecule has 0 radical (unpaired) electrons. The Bertz CT molecular complexity index is 540. The number of nitrogen functional groups attached to an aromatic ring is 1. The maximum atomic E-state index is 13.1. The lowest BCUT2D eigenvalue weighted by Crippen LogP contribution is -2.62. The van der Waals surface area contributed by atoms with E-state index in [1.54, 1.807) is 13.8 Å². The second-order valence-electron chi connectivity index (χ2n) is 5.24. The van der Waals surface area contributed by atoms with E-state index in [2.05, 4.69) is 5.32 Å². The number of hydrogen-bond donors (Lipinski definition) is 2. The lowest BCUT2D eigenvalue weighted by molar-refractivity contribution is -0.137. The number of benzene rings is 1. The smallest absolute Gasteiger partial charge is 0.399 e. The van der Waals surface area contributed by atoms with Crippen molar-refractivity contribution in [2.75, 3.05) is 23.7 Å². The number of anilines is 2. The van der Waals surface area contributed by atoms with Crippen LogP contribution in [0.4, 0.5) is 24.5 Å². The van der Waals surface area contributed by atoms with Gasteiger partial charge in [0.2, 0.25) is 5.91 Å². The van der Waals surface area contributed by atoms with Crippen LogP contribution in [-0.4, -0.2) is 24.5 Å². The molecule has 1 aliphatic rings. The molecule has 3 N–H and O–H groups in total. The summed E-state index contributed by atoms with van der Waals surface area (Å²) in [6, 6.07) is 3.63. The van der Waals surface area contributed by atoms with E-state index < -0.39 is 17.3 Å². The van der Waals surface area contributed by atoms with E-state index in [0.717, 1.165) is 6.07 Å². The molecule has 1 saturated heterocycles. The third kappa shape index (κ3) is 2.39. The quantitative estimate of drug-likeness (QED) is 0.777. The first kappa shape index (κ1) is 14.5. The Balaban J connectivity index is 2.55. The number of carbonyl (C=O) groups is 1. The average molecular weight is 287 g/mol. The lowest BCUT2D eigenvalue weighted by atomic mass is 9.96. The summed E-state index contributed by atoms with van der Waals surface area (Å²) < 4.78 is 39.4. The standard InChI is InChI=1S/C13H16F3N3O/c1-12(2)11(20)18-5-6-19(12)10-4-3-8(17)7-9(10)13(14,15)16/h3-4,7H,5-6,17H2,1-2H3,(H,18,20). The molecule has 1 aliphatic heterocycles. The van der Waals surface area contributed by atoms with Gasteiger partial charge in [-0.15, -0.1) is 0 Å². The molecule has 1 amide bonds. The van der Waals surface area contributed by atoms with Crippen molar-refractivity contribution in [2.45, 2.75) is 25.6 Å². The number of halogens is 3. The molecule has 0 atom stereocenters. The van der Waals surface area contributed by atoms with Gasteiger partial charge in [-0.3, -0.25) is 4.79 Å². The normalized spacial score (nSPS) is 18.9. The molecule has 2 rings (SSSR count). The zero-order chi connectivity index (χ0) is 15.1. The van der Waals surface area contributed by atoms with Crippen molar-refractivity contribution < 1.29 is 18.0 Å². The van der Waals surface area contributed by atoms with Crippen molar-refractivity contribution in [3.05, 3.63) is 23.8 Å². The van der Waals surface area contributed by atoms with E-state index in [-0.39, 0.29) is 17.3 Å².